The largest absolute Gasteiger partial charge is 0.435 e. The van der Waals surface area contributed by atoms with Crippen molar-refractivity contribution in [3.05, 3.63) is 74.6 Å². The molecule has 1 heterocycles. The number of anilines is 1. The van der Waals surface area contributed by atoms with E-state index in [0.717, 1.165) is 12.1 Å². The van der Waals surface area contributed by atoms with Crippen molar-refractivity contribution in [1.29, 1.82) is 0 Å². The van der Waals surface area contributed by atoms with Gasteiger partial charge >= 0.3 is 12.1 Å². The van der Waals surface area contributed by atoms with E-state index in [4.69, 9.17) is 34.6 Å². The lowest BCUT2D eigenvalue weighted by Gasteiger charge is -2.29. The van der Waals surface area contributed by atoms with Crippen LogP contribution >= 0.6 is 23.2 Å². The molecule has 156 valence electrons. The van der Waals surface area contributed by atoms with Gasteiger partial charge in [0, 0.05) is 33.3 Å². The molecule has 1 aliphatic heterocycles. The van der Waals surface area contributed by atoms with Crippen LogP contribution < -0.4 is 5.32 Å². The SMILES string of the molecule is [C-]#[N+]CC(=O)Nc1cc(C2=NOC(c3cc(Cl)cc(Cl)c3)(C(F)(F)F)C2)ccc1C. The molecule has 0 bridgehead atoms. The molecule has 1 atom stereocenters. The molecule has 1 N–H and O–H groups in total. The third-order valence-electron chi connectivity index (χ3n) is 4.58. The Labute approximate surface area is 180 Å². The highest BCUT2D eigenvalue weighted by Crippen LogP contribution is 2.49. The molecule has 1 amide bonds. The van der Waals surface area contributed by atoms with Gasteiger partial charge in [0.05, 0.1) is 5.71 Å². The highest BCUT2D eigenvalue weighted by Gasteiger charge is 2.62. The lowest BCUT2D eigenvalue weighted by Crippen LogP contribution is -2.42. The molecule has 0 aliphatic carbocycles. The fourth-order valence-electron chi connectivity index (χ4n) is 3.04. The summed E-state index contributed by atoms with van der Waals surface area (Å²) in [4.78, 5) is 19.7. The fraction of sp³-hybridized carbons (Fsp3) is 0.250. The van der Waals surface area contributed by atoms with Gasteiger partial charge in [-0.05, 0) is 36.8 Å². The Morgan fingerprint density at radius 1 is 1.27 bits per heavy atom. The monoisotopic (exact) mass is 455 g/mol. The van der Waals surface area contributed by atoms with Crippen LogP contribution in [-0.4, -0.2) is 24.3 Å². The number of amides is 1. The zero-order valence-electron chi connectivity index (χ0n) is 15.5. The molecule has 2 aromatic rings. The predicted octanol–water partition coefficient (Wildman–Crippen LogP) is 5.74. The van der Waals surface area contributed by atoms with Crippen molar-refractivity contribution >= 4 is 40.5 Å². The summed E-state index contributed by atoms with van der Waals surface area (Å²) in [5, 5.41) is 6.34. The minimum absolute atomic E-state index is 0.0401. The van der Waals surface area contributed by atoms with Gasteiger partial charge in [0.25, 0.3) is 12.1 Å². The number of aryl methyl sites for hydroxylation is 1. The van der Waals surface area contributed by atoms with Crippen molar-refractivity contribution in [2.45, 2.75) is 25.1 Å². The minimum Gasteiger partial charge on any atom is -0.374 e. The van der Waals surface area contributed by atoms with Gasteiger partial charge in [-0.2, -0.15) is 13.2 Å². The van der Waals surface area contributed by atoms with E-state index in [0.29, 0.717) is 16.8 Å². The lowest BCUT2D eigenvalue weighted by molar-refractivity contribution is -0.275. The number of nitrogens with one attached hydrogen (secondary N) is 1. The first kappa shape index (κ1) is 21.9. The molecule has 10 heteroatoms. The number of nitrogens with zero attached hydrogens (tertiary/aromatic N) is 2. The van der Waals surface area contributed by atoms with E-state index in [1.165, 1.54) is 12.1 Å². The molecule has 3 rings (SSSR count). The van der Waals surface area contributed by atoms with E-state index in [1.54, 1.807) is 19.1 Å². The number of carbonyl (C=O) groups excluding carboxylic acids is 1. The Kier molecular flexibility index (Phi) is 5.97. The highest BCUT2D eigenvalue weighted by atomic mass is 35.5. The summed E-state index contributed by atoms with van der Waals surface area (Å²) in [6.07, 6.45) is -5.41. The number of alkyl halides is 3. The number of benzene rings is 2. The van der Waals surface area contributed by atoms with Crippen LogP contribution in [0.4, 0.5) is 18.9 Å². The van der Waals surface area contributed by atoms with Gasteiger partial charge in [0.2, 0.25) is 0 Å². The second kappa shape index (κ2) is 8.17. The van der Waals surface area contributed by atoms with Crippen molar-refractivity contribution in [1.82, 2.24) is 0 Å². The van der Waals surface area contributed by atoms with Crippen LogP contribution in [0.1, 0.15) is 23.1 Å². The third-order valence-corrected chi connectivity index (χ3v) is 5.02. The van der Waals surface area contributed by atoms with Gasteiger partial charge in [-0.25, -0.2) is 6.57 Å². The van der Waals surface area contributed by atoms with Gasteiger partial charge in [-0.3, -0.25) is 4.79 Å². The maximum atomic E-state index is 14.1. The first-order valence-electron chi connectivity index (χ1n) is 8.58. The standard InChI is InChI=1S/C20H14Cl2F3N3O2/c1-11-3-4-12(5-16(11)27-18(29)10-26-2)17-9-19(30-28-17,20(23,24)25)13-6-14(21)8-15(22)7-13/h3-8H,9-10H2,1H3,(H,27,29). The first-order chi connectivity index (χ1) is 14.1. The molecule has 0 fully saturated rings. The van der Waals surface area contributed by atoms with Crippen molar-refractivity contribution in [3.8, 4) is 0 Å². The Morgan fingerprint density at radius 3 is 2.53 bits per heavy atom. The van der Waals surface area contributed by atoms with Crippen molar-refractivity contribution < 1.29 is 22.8 Å². The first-order valence-corrected chi connectivity index (χ1v) is 9.34. The average molecular weight is 456 g/mol. The molecule has 0 saturated carbocycles. The van der Waals surface area contributed by atoms with Crippen LogP contribution in [0.3, 0.4) is 0 Å². The maximum Gasteiger partial charge on any atom is 0.435 e. The lowest BCUT2D eigenvalue weighted by atomic mass is 9.86. The van der Waals surface area contributed by atoms with Gasteiger partial charge in [-0.1, -0.05) is 40.5 Å². The molecular formula is C20H14Cl2F3N3O2. The summed E-state index contributed by atoms with van der Waals surface area (Å²) >= 11 is 11.8. The van der Waals surface area contributed by atoms with Crippen molar-refractivity contribution in [2.24, 2.45) is 5.16 Å². The summed E-state index contributed by atoms with van der Waals surface area (Å²) in [6.45, 7) is 8.11. The number of halogens is 5. The topological polar surface area (TPSA) is 55.0 Å². The van der Waals surface area contributed by atoms with E-state index in [-0.39, 0.29) is 27.9 Å². The van der Waals surface area contributed by atoms with Gasteiger partial charge in [-0.15, -0.1) is 0 Å². The van der Waals surface area contributed by atoms with E-state index >= 15 is 0 Å². The molecule has 2 aromatic carbocycles. The van der Waals surface area contributed by atoms with E-state index in [2.05, 4.69) is 15.3 Å². The van der Waals surface area contributed by atoms with Gasteiger partial charge in [0.1, 0.15) is 0 Å². The summed E-state index contributed by atoms with van der Waals surface area (Å²) in [5.74, 6) is -0.520. The summed E-state index contributed by atoms with van der Waals surface area (Å²) in [5.41, 5.74) is -1.56. The van der Waals surface area contributed by atoms with Gasteiger partial charge < -0.3 is 15.0 Å². The van der Waals surface area contributed by atoms with Crippen LogP contribution in [0, 0.1) is 13.5 Å². The highest BCUT2D eigenvalue weighted by molar-refractivity contribution is 6.34. The van der Waals surface area contributed by atoms with Gasteiger partial charge in [0.15, 0.2) is 0 Å². The molecule has 0 spiro atoms. The average Bonchev–Trinajstić information content (AvgIpc) is 3.10. The van der Waals surface area contributed by atoms with Crippen LogP contribution in [0.5, 0.6) is 0 Å². The molecular weight excluding hydrogens is 442 g/mol. The second-order valence-electron chi connectivity index (χ2n) is 6.68. The van der Waals surface area contributed by atoms with Crippen molar-refractivity contribution in [2.75, 3.05) is 11.9 Å². The molecule has 0 radical (unpaired) electrons. The smallest absolute Gasteiger partial charge is 0.374 e. The molecule has 1 aliphatic rings. The summed E-state index contributed by atoms with van der Waals surface area (Å²) in [6, 6.07) is 8.33. The third kappa shape index (κ3) is 4.23. The van der Waals surface area contributed by atoms with Crippen molar-refractivity contribution in [3.63, 3.8) is 0 Å². The number of oxime groups is 1. The Morgan fingerprint density at radius 2 is 1.93 bits per heavy atom. The number of hydrogen-bond donors (Lipinski definition) is 1. The second-order valence-corrected chi connectivity index (χ2v) is 7.56. The molecule has 5 nitrogen and oxygen atoms in total. The van der Waals surface area contributed by atoms with Crippen LogP contribution in [-0.2, 0) is 15.2 Å². The predicted molar refractivity (Wildman–Crippen MR) is 108 cm³/mol. The zero-order valence-corrected chi connectivity index (χ0v) is 17.0. The van der Waals surface area contributed by atoms with Crippen LogP contribution in [0.2, 0.25) is 10.0 Å². The fourth-order valence-corrected chi connectivity index (χ4v) is 3.57. The normalized spacial score (nSPS) is 18.4. The van der Waals surface area contributed by atoms with E-state index in [9.17, 15) is 18.0 Å². The molecule has 1 unspecified atom stereocenters. The Hall–Kier alpha value is -2.76. The summed E-state index contributed by atoms with van der Waals surface area (Å²) in [7, 11) is 0. The number of carbonyl (C=O) groups is 1. The summed E-state index contributed by atoms with van der Waals surface area (Å²) < 4.78 is 42.3. The van der Waals surface area contributed by atoms with Crippen LogP contribution in [0.15, 0.2) is 41.6 Å². The maximum absolute atomic E-state index is 14.1. The minimum atomic E-state index is -4.80. The molecule has 0 aromatic heterocycles. The number of hydrogen-bond acceptors (Lipinski definition) is 3. The van der Waals surface area contributed by atoms with Crippen LogP contribution in [0.25, 0.3) is 4.85 Å². The molecule has 30 heavy (non-hydrogen) atoms. The molecule has 0 saturated heterocycles. The quantitative estimate of drug-likeness (QED) is 0.597. The van der Waals surface area contributed by atoms with E-state index in [1.807, 2.05) is 0 Å². The zero-order chi connectivity index (χ0) is 22.1. The Bertz CT molecular complexity index is 1060. The number of rotatable bonds is 4. The Balaban J connectivity index is 1.97. The van der Waals surface area contributed by atoms with E-state index < -0.39 is 24.1 Å².